The maximum absolute atomic E-state index is 13.2. The van der Waals surface area contributed by atoms with Crippen LogP contribution < -0.4 is 10.2 Å². The van der Waals surface area contributed by atoms with Crippen molar-refractivity contribution < 1.29 is 48.7 Å². The van der Waals surface area contributed by atoms with E-state index in [-0.39, 0.29) is 51.4 Å². The van der Waals surface area contributed by atoms with E-state index >= 15 is 0 Å². The first kappa shape index (κ1) is 24.6. The van der Waals surface area contributed by atoms with Crippen LogP contribution >= 0.6 is 0 Å². The Balaban J connectivity index is 1.56. The van der Waals surface area contributed by atoms with E-state index < -0.39 is 46.3 Å². The third-order valence-corrected chi connectivity index (χ3v) is 6.67. The fraction of sp³-hybridized carbons (Fsp3) is 0.0690. The van der Waals surface area contributed by atoms with E-state index in [0.717, 1.165) is 18.2 Å². The normalized spacial score (nSPS) is 14.6. The van der Waals surface area contributed by atoms with Crippen molar-refractivity contribution in [1.82, 2.24) is 0 Å². The zero-order chi connectivity index (χ0) is 28.3. The number of furan rings is 1. The lowest BCUT2D eigenvalue weighted by atomic mass is 9.88. The van der Waals surface area contributed by atoms with Crippen LogP contribution in [0.3, 0.4) is 0 Å². The zero-order valence-corrected chi connectivity index (χ0v) is 20.2. The van der Waals surface area contributed by atoms with Crippen molar-refractivity contribution in [3.05, 3.63) is 87.8 Å². The molecule has 1 aliphatic heterocycles. The summed E-state index contributed by atoms with van der Waals surface area (Å²) in [5, 5.41) is 49.8. The number of carboxylic acids is 1. The fourth-order valence-corrected chi connectivity index (χ4v) is 4.79. The first-order valence-electron chi connectivity index (χ1n) is 11.8. The quantitative estimate of drug-likeness (QED) is 0.120. The summed E-state index contributed by atoms with van der Waals surface area (Å²) >= 11 is 0. The first-order chi connectivity index (χ1) is 19.1. The Morgan fingerprint density at radius 2 is 1.62 bits per heavy atom. The third kappa shape index (κ3) is 3.88. The number of benzene rings is 3. The Hall–Kier alpha value is -5.71. The number of carboxylic acid groups (broad SMARTS) is 1. The van der Waals surface area contributed by atoms with E-state index in [4.69, 9.17) is 13.6 Å². The zero-order valence-electron chi connectivity index (χ0n) is 20.2. The molecular formula is C29H18O11. The molecule has 40 heavy (non-hydrogen) atoms. The molecule has 0 radical (unpaired) electrons. The average Bonchev–Trinajstić information content (AvgIpc) is 3.42. The van der Waals surface area contributed by atoms with E-state index in [9.17, 15) is 39.9 Å². The van der Waals surface area contributed by atoms with Gasteiger partial charge in [0.2, 0.25) is 11.2 Å². The van der Waals surface area contributed by atoms with Crippen LogP contribution in [0.1, 0.15) is 34.0 Å². The molecule has 0 bridgehead atoms. The Kier molecular flexibility index (Phi) is 5.51. The van der Waals surface area contributed by atoms with Gasteiger partial charge in [-0.3, -0.25) is 9.59 Å². The third-order valence-electron chi connectivity index (χ3n) is 6.67. The minimum absolute atomic E-state index is 0.0480. The van der Waals surface area contributed by atoms with Gasteiger partial charge in [0.25, 0.3) is 0 Å². The standard InChI is InChI=1S/C29H18O11/c30-16-5-4-13(9-17(16)31)27-26(35)25(34)24-18(32)11-21-23(28(24)40-27)15(10-22(33)39-21)20-7-6-19(38-20)12-2-1-3-14(8-12)29(36)37/h1-9,11,15,30-32,35H,10H2,(H,36,37)/t15-/m1/s1. The predicted molar refractivity (Wildman–Crippen MR) is 138 cm³/mol. The largest absolute Gasteiger partial charge is 0.507 e. The number of aromatic carboxylic acids is 1. The molecule has 1 atom stereocenters. The maximum Gasteiger partial charge on any atom is 0.335 e. The van der Waals surface area contributed by atoms with Gasteiger partial charge in [-0.15, -0.1) is 0 Å². The van der Waals surface area contributed by atoms with E-state index in [1.165, 1.54) is 18.2 Å². The molecular weight excluding hydrogens is 524 g/mol. The summed E-state index contributed by atoms with van der Waals surface area (Å²) in [6.07, 6.45) is -0.227. The summed E-state index contributed by atoms with van der Waals surface area (Å²) < 4.78 is 17.3. The molecule has 5 N–H and O–H groups in total. The lowest BCUT2D eigenvalue weighted by Crippen LogP contribution is -2.21. The second kappa shape index (κ2) is 8.95. The van der Waals surface area contributed by atoms with Gasteiger partial charge in [0.1, 0.15) is 34.0 Å². The summed E-state index contributed by atoms with van der Waals surface area (Å²) in [6.45, 7) is 0. The van der Waals surface area contributed by atoms with Crippen LogP contribution in [0.2, 0.25) is 0 Å². The number of phenolic OH excluding ortho intramolecular Hbond substituents is 3. The summed E-state index contributed by atoms with van der Waals surface area (Å²) in [7, 11) is 0. The lowest BCUT2D eigenvalue weighted by molar-refractivity contribution is -0.135. The fourth-order valence-electron chi connectivity index (χ4n) is 4.79. The van der Waals surface area contributed by atoms with Gasteiger partial charge in [0, 0.05) is 22.8 Å². The smallest absolute Gasteiger partial charge is 0.335 e. The molecule has 0 saturated carbocycles. The second-order valence-electron chi connectivity index (χ2n) is 9.14. The molecule has 0 spiro atoms. The highest BCUT2D eigenvalue weighted by atomic mass is 16.5. The number of carbonyl (C=O) groups is 2. The van der Waals surface area contributed by atoms with Crippen LogP contribution in [0, 0.1) is 0 Å². The number of phenols is 3. The molecule has 0 fully saturated rings. The molecule has 2 aromatic heterocycles. The Labute approximate surface area is 223 Å². The highest BCUT2D eigenvalue weighted by molar-refractivity contribution is 5.94. The lowest BCUT2D eigenvalue weighted by Gasteiger charge is -2.24. The molecule has 3 heterocycles. The van der Waals surface area contributed by atoms with Crippen molar-refractivity contribution in [1.29, 1.82) is 0 Å². The monoisotopic (exact) mass is 542 g/mol. The van der Waals surface area contributed by atoms with E-state index in [1.54, 1.807) is 24.3 Å². The molecule has 0 amide bonds. The molecule has 200 valence electrons. The van der Waals surface area contributed by atoms with Crippen LogP contribution in [-0.2, 0) is 4.79 Å². The summed E-state index contributed by atoms with van der Waals surface area (Å²) in [4.78, 5) is 37.1. The molecule has 0 saturated heterocycles. The minimum atomic E-state index is -1.11. The molecule has 6 rings (SSSR count). The van der Waals surface area contributed by atoms with Gasteiger partial charge in [-0.25, -0.2) is 4.79 Å². The predicted octanol–water partition coefficient (Wildman–Crippen LogP) is 4.68. The van der Waals surface area contributed by atoms with Gasteiger partial charge in [-0.05, 0) is 42.5 Å². The van der Waals surface area contributed by atoms with Gasteiger partial charge >= 0.3 is 11.9 Å². The van der Waals surface area contributed by atoms with Crippen molar-refractivity contribution in [3.63, 3.8) is 0 Å². The van der Waals surface area contributed by atoms with E-state index in [0.29, 0.717) is 11.3 Å². The Morgan fingerprint density at radius 3 is 2.38 bits per heavy atom. The SMILES string of the molecule is O=C1C[C@H](c2ccc(-c3cccc(C(=O)O)c3)o2)c2c(cc(O)c3c(=O)c(O)c(-c4ccc(O)c(O)c4)oc23)O1. The van der Waals surface area contributed by atoms with Gasteiger partial charge in [0.15, 0.2) is 17.3 Å². The molecule has 0 aliphatic carbocycles. The number of rotatable bonds is 4. The Morgan fingerprint density at radius 1 is 0.825 bits per heavy atom. The van der Waals surface area contributed by atoms with Crippen LogP contribution in [-0.4, -0.2) is 37.5 Å². The van der Waals surface area contributed by atoms with Crippen molar-refractivity contribution in [2.24, 2.45) is 0 Å². The summed E-state index contributed by atoms with van der Waals surface area (Å²) in [5.74, 6) is -4.90. The highest BCUT2D eigenvalue weighted by Crippen LogP contribution is 2.48. The number of carbonyl (C=O) groups excluding carboxylic acids is 1. The van der Waals surface area contributed by atoms with E-state index in [1.807, 2.05) is 0 Å². The van der Waals surface area contributed by atoms with Crippen LogP contribution in [0.5, 0.6) is 28.7 Å². The topological polar surface area (TPSA) is 188 Å². The summed E-state index contributed by atoms with van der Waals surface area (Å²) in [5.41, 5.74) is -0.404. The number of hydrogen-bond acceptors (Lipinski definition) is 10. The number of fused-ring (bicyclic) bond motifs is 3. The number of esters is 1. The molecule has 5 aromatic rings. The van der Waals surface area contributed by atoms with Crippen molar-refractivity contribution in [2.45, 2.75) is 12.3 Å². The number of ether oxygens (including phenoxy) is 1. The molecule has 11 nitrogen and oxygen atoms in total. The van der Waals surface area contributed by atoms with Crippen molar-refractivity contribution in [3.8, 4) is 51.4 Å². The van der Waals surface area contributed by atoms with Gasteiger partial charge in [-0.2, -0.15) is 0 Å². The van der Waals surface area contributed by atoms with Crippen LogP contribution in [0.4, 0.5) is 0 Å². The van der Waals surface area contributed by atoms with Gasteiger partial charge in [0.05, 0.1) is 17.9 Å². The molecule has 11 heteroatoms. The van der Waals surface area contributed by atoms with Gasteiger partial charge in [-0.1, -0.05) is 12.1 Å². The Bertz CT molecular complexity index is 1930. The molecule has 0 unspecified atom stereocenters. The van der Waals surface area contributed by atoms with Gasteiger partial charge < -0.3 is 39.1 Å². The van der Waals surface area contributed by atoms with Crippen LogP contribution in [0.25, 0.3) is 33.6 Å². The van der Waals surface area contributed by atoms with Crippen molar-refractivity contribution in [2.75, 3.05) is 0 Å². The molecule has 1 aliphatic rings. The van der Waals surface area contributed by atoms with E-state index in [2.05, 4.69) is 0 Å². The minimum Gasteiger partial charge on any atom is -0.507 e. The van der Waals surface area contributed by atoms with Crippen molar-refractivity contribution >= 4 is 22.9 Å². The van der Waals surface area contributed by atoms with Crippen LogP contribution in [0.15, 0.2) is 74.3 Å². The molecule has 3 aromatic carbocycles. The summed E-state index contributed by atoms with van der Waals surface area (Å²) in [6, 6.07) is 13.9. The number of aromatic hydroxyl groups is 4. The second-order valence-corrected chi connectivity index (χ2v) is 9.14. The maximum atomic E-state index is 13.2. The highest BCUT2D eigenvalue weighted by Gasteiger charge is 2.36. The average molecular weight is 542 g/mol. The first-order valence-corrected chi connectivity index (χ1v) is 11.8. The number of hydrogen-bond donors (Lipinski definition) is 5.